The van der Waals surface area contributed by atoms with Crippen molar-refractivity contribution in [2.45, 2.75) is 46.0 Å². The zero-order valence-electron chi connectivity index (χ0n) is 17.9. The third-order valence-corrected chi connectivity index (χ3v) is 6.19. The van der Waals surface area contributed by atoms with Gasteiger partial charge in [-0.2, -0.15) is 0 Å². The molecule has 2 fully saturated rings. The second-order valence-corrected chi connectivity index (χ2v) is 8.62. The highest BCUT2D eigenvalue weighted by atomic mass is 16.5. The molecule has 0 spiro atoms. The first-order valence-corrected chi connectivity index (χ1v) is 10.6. The molecule has 1 aromatic rings. The summed E-state index contributed by atoms with van der Waals surface area (Å²) >= 11 is 0. The lowest BCUT2D eigenvalue weighted by Gasteiger charge is -2.36. The number of anilines is 1. The standard InChI is InChI=1S/C23H30N2O5/c1-14-7-8-15(2)19(9-14)24-20(26)12-25(3)21(27)13-30-23(29)18-10-16-5-4-6-17(11-18)22(16)28/h7-9,16-18H,4-6,10-13H2,1-3H3,(H,24,26)/t16-,17+,18?. The van der Waals surface area contributed by atoms with Crippen LogP contribution in [0.2, 0.25) is 0 Å². The number of carbonyl (C=O) groups excluding carboxylic acids is 4. The van der Waals surface area contributed by atoms with Gasteiger partial charge in [0.15, 0.2) is 6.61 Å². The minimum absolute atomic E-state index is 0.0396. The molecular formula is C23H30N2O5. The number of nitrogens with zero attached hydrogens (tertiary/aromatic N) is 1. The number of amides is 2. The van der Waals surface area contributed by atoms with Gasteiger partial charge in [0.1, 0.15) is 5.78 Å². The van der Waals surface area contributed by atoms with E-state index in [0.717, 1.165) is 30.4 Å². The molecule has 2 aliphatic carbocycles. The minimum Gasteiger partial charge on any atom is -0.455 e. The number of ether oxygens (including phenoxy) is 1. The van der Waals surface area contributed by atoms with Crippen LogP contribution in [0.5, 0.6) is 0 Å². The Hall–Kier alpha value is -2.70. The van der Waals surface area contributed by atoms with Crippen molar-refractivity contribution in [1.29, 1.82) is 0 Å². The van der Waals surface area contributed by atoms with Gasteiger partial charge in [-0.25, -0.2) is 0 Å². The molecule has 1 N–H and O–H groups in total. The lowest BCUT2D eigenvalue weighted by molar-refractivity contribution is -0.158. The molecule has 2 bridgehead atoms. The number of nitrogens with one attached hydrogen (secondary N) is 1. The summed E-state index contributed by atoms with van der Waals surface area (Å²) in [5.74, 6) is -1.28. The Balaban J connectivity index is 1.45. The first-order chi connectivity index (χ1) is 14.2. The molecule has 0 aromatic heterocycles. The first kappa shape index (κ1) is 22.0. The van der Waals surface area contributed by atoms with Crippen molar-refractivity contribution in [2.24, 2.45) is 17.8 Å². The van der Waals surface area contributed by atoms with Crippen molar-refractivity contribution < 1.29 is 23.9 Å². The zero-order chi connectivity index (χ0) is 21.8. The van der Waals surface area contributed by atoms with E-state index >= 15 is 0 Å². The summed E-state index contributed by atoms with van der Waals surface area (Å²) < 4.78 is 5.23. The lowest BCUT2D eigenvalue weighted by Crippen LogP contribution is -2.41. The van der Waals surface area contributed by atoms with E-state index in [1.165, 1.54) is 11.9 Å². The van der Waals surface area contributed by atoms with E-state index in [9.17, 15) is 19.2 Å². The maximum atomic E-state index is 12.4. The molecule has 1 unspecified atom stereocenters. The highest BCUT2D eigenvalue weighted by Crippen LogP contribution is 2.40. The molecule has 30 heavy (non-hydrogen) atoms. The van der Waals surface area contributed by atoms with Crippen LogP contribution in [0, 0.1) is 31.6 Å². The molecule has 3 atom stereocenters. The smallest absolute Gasteiger partial charge is 0.309 e. The summed E-state index contributed by atoms with van der Waals surface area (Å²) in [6.07, 6.45) is 3.77. The van der Waals surface area contributed by atoms with Crippen LogP contribution in [0.3, 0.4) is 0 Å². The van der Waals surface area contributed by atoms with E-state index in [1.54, 1.807) is 0 Å². The van der Waals surface area contributed by atoms with E-state index in [0.29, 0.717) is 18.5 Å². The molecule has 162 valence electrons. The molecule has 3 rings (SSSR count). The molecule has 0 heterocycles. The summed E-state index contributed by atoms with van der Waals surface area (Å²) in [4.78, 5) is 50.4. The maximum Gasteiger partial charge on any atom is 0.309 e. The Labute approximate surface area is 177 Å². The van der Waals surface area contributed by atoms with Gasteiger partial charge in [-0.15, -0.1) is 0 Å². The quantitative estimate of drug-likeness (QED) is 0.723. The first-order valence-electron chi connectivity index (χ1n) is 10.6. The average Bonchev–Trinajstić information content (AvgIpc) is 2.68. The summed E-state index contributed by atoms with van der Waals surface area (Å²) in [6.45, 7) is 3.31. The minimum atomic E-state index is -0.438. The normalized spacial score (nSPS) is 22.9. The number of Topliss-reactive ketones (excluding diaryl/α,β-unsaturated/α-hetero) is 1. The predicted octanol–water partition coefficient (Wildman–Crippen LogP) is 2.64. The molecular weight excluding hydrogens is 384 g/mol. The zero-order valence-corrected chi connectivity index (χ0v) is 17.9. The van der Waals surface area contributed by atoms with Gasteiger partial charge in [0.2, 0.25) is 5.91 Å². The van der Waals surface area contributed by atoms with Crippen LogP contribution < -0.4 is 5.32 Å². The number of aryl methyl sites for hydroxylation is 2. The Bertz CT molecular complexity index is 834. The number of esters is 1. The fourth-order valence-electron chi connectivity index (χ4n) is 4.40. The second-order valence-electron chi connectivity index (χ2n) is 8.62. The van der Waals surface area contributed by atoms with Crippen molar-refractivity contribution >= 4 is 29.3 Å². The van der Waals surface area contributed by atoms with E-state index < -0.39 is 18.5 Å². The molecule has 1 aromatic carbocycles. The Kier molecular flexibility index (Phi) is 6.90. The number of hydrogen-bond donors (Lipinski definition) is 1. The Morgan fingerprint density at radius 3 is 2.47 bits per heavy atom. The number of carbonyl (C=O) groups is 4. The number of likely N-dealkylation sites (N-methyl/N-ethyl adjacent to an activating group) is 1. The van der Waals surface area contributed by atoms with Crippen LogP contribution in [0.25, 0.3) is 0 Å². The average molecular weight is 415 g/mol. The molecule has 0 saturated heterocycles. The molecule has 2 amide bonds. The van der Waals surface area contributed by atoms with Gasteiger partial charge in [0.05, 0.1) is 12.5 Å². The van der Waals surface area contributed by atoms with Gasteiger partial charge < -0.3 is 15.0 Å². The molecule has 0 radical (unpaired) electrons. The molecule has 0 aliphatic heterocycles. The lowest BCUT2D eigenvalue weighted by atomic mass is 9.67. The van der Waals surface area contributed by atoms with Crippen LogP contribution in [-0.4, -0.2) is 48.7 Å². The van der Waals surface area contributed by atoms with Gasteiger partial charge in [-0.05, 0) is 56.7 Å². The topological polar surface area (TPSA) is 92.8 Å². The highest BCUT2D eigenvalue weighted by molar-refractivity contribution is 5.95. The summed E-state index contributed by atoms with van der Waals surface area (Å²) in [5, 5.41) is 2.81. The molecule has 7 nitrogen and oxygen atoms in total. The van der Waals surface area contributed by atoms with E-state index in [4.69, 9.17) is 4.74 Å². The third-order valence-electron chi connectivity index (χ3n) is 6.19. The van der Waals surface area contributed by atoms with Crippen LogP contribution in [0.4, 0.5) is 5.69 Å². The van der Waals surface area contributed by atoms with Gasteiger partial charge in [0.25, 0.3) is 5.91 Å². The summed E-state index contributed by atoms with van der Waals surface area (Å²) in [6, 6.07) is 5.76. The summed E-state index contributed by atoms with van der Waals surface area (Å²) in [7, 11) is 1.50. The fourth-order valence-corrected chi connectivity index (χ4v) is 4.40. The van der Waals surface area contributed by atoms with Gasteiger partial charge in [0, 0.05) is 24.6 Å². The van der Waals surface area contributed by atoms with Gasteiger partial charge in [-0.1, -0.05) is 18.6 Å². The Morgan fingerprint density at radius 2 is 1.80 bits per heavy atom. The highest BCUT2D eigenvalue weighted by Gasteiger charge is 2.41. The fraction of sp³-hybridized carbons (Fsp3) is 0.565. The van der Waals surface area contributed by atoms with Crippen LogP contribution in [0.15, 0.2) is 18.2 Å². The largest absolute Gasteiger partial charge is 0.455 e. The van der Waals surface area contributed by atoms with Crippen LogP contribution in [0.1, 0.15) is 43.2 Å². The maximum absolute atomic E-state index is 12.4. The molecule has 7 heteroatoms. The van der Waals surface area contributed by atoms with Crippen molar-refractivity contribution in [3.05, 3.63) is 29.3 Å². The third kappa shape index (κ3) is 5.26. The van der Waals surface area contributed by atoms with Crippen LogP contribution in [-0.2, 0) is 23.9 Å². The number of fused-ring (bicyclic) bond motifs is 2. The predicted molar refractivity (Wildman–Crippen MR) is 112 cm³/mol. The molecule has 2 saturated carbocycles. The SMILES string of the molecule is Cc1ccc(C)c(NC(=O)CN(C)C(=O)COC(=O)C2C[C@H]3CCC[C@@H](C2)C3=O)c1. The van der Waals surface area contributed by atoms with Crippen molar-refractivity contribution in [3.8, 4) is 0 Å². The molecule has 2 aliphatic rings. The monoisotopic (exact) mass is 414 g/mol. The van der Waals surface area contributed by atoms with Crippen molar-refractivity contribution in [3.63, 3.8) is 0 Å². The number of ketones is 1. The van der Waals surface area contributed by atoms with E-state index in [2.05, 4.69) is 5.32 Å². The number of hydrogen-bond acceptors (Lipinski definition) is 5. The van der Waals surface area contributed by atoms with E-state index in [1.807, 2.05) is 32.0 Å². The Morgan fingerprint density at radius 1 is 1.13 bits per heavy atom. The van der Waals surface area contributed by atoms with Crippen molar-refractivity contribution in [1.82, 2.24) is 4.90 Å². The summed E-state index contributed by atoms with van der Waals surface area (Å²) in [5.41, 5.74) is 2.68. The van der Waals surface area contributed by atoms with Crippen molar-refractivity contribution in [2.75, 3.05) is 25.5 Å². The number of rotatable bonds is 6. The van der Waals surface area contributed by atoms with E-state index in [-0.39, 0.29) is 36.0 Å². The second kappa shape index (κ2) is 9.41. The van der Waals surface area contributed by atoms with Gasteiger partial charge in [-0.3, -0.25) is 19.2 Å². The van der Waals surface area contributed by atoms with Crippen LogP contribution >= 0.6 is 0 Å². The van der Waals surface area contributed by atoms with Gasteiger partial charge >= 0.3 is 5.97 Å². The number of benzene rings is 1.